The van der Waals surface area contributed by atoms with Gasteiger partial charge in [0.1, 0.15) is 0 Å². The highest BCUT2D eigenvalue weighted by Crippen LogP contribution is 2.54. The van der Waals surface area contributed by atoms with Crippen LogP contribution in [0.25, 0.3) is 0 Å². The number of thioether (sulfide) groups is 2. The number of Topliss-reactive ketones (excluding diaryl/α,β-unsaturated/α-hetero) is 1. The molecule has 1 aromatic carbocycles. The maximum absolute atomic E-state index is 15.1. The lowest BCUT2D eigenvalue weighted by Crippen LogP contribution is -2.51. The number of rotatable bonds is 3. The number of carbonyl (C=O) groups excluding carboxylic acids is 2. The van der Waals surface area contributed by atoms with E-state index in [4.69, 9.17) is 0 Å². The van der Waals surface area contributed by atoms with Crippen molar-refractivity contribution in [1.29, 1.82) is 0 Å². The molecule has 6 unspecified atom stereocenters. The highest BCUT2D eigenvalue weighted by Gasteiger charge is 2.48. The molecule has 0 fully saturated rings. The van der Waals surface area contributed by atoms with Crippen LogP contribution in [0.5, 0.6) is 0 Å². The minimum absolute atomic E-state index is 0.0363. The summed E-state index contributed by atoms with van der Waals surface area (Å²) in [7, 11) is 0. The Morgan fingerprint density at radius 1 is 0.872 bits per heavy atom. The van der Waals surface area contributed by atoms with Gasteiger partial charge in [-0.15, -0.1) is 23.5 Å². The van der Waals surface area contributed by atoms with Gasteiger partial charge >= 0.3 is 0 Å². The van der Waals surface area contributed by atoms with Crippen molar-refractivity contribution in [3.8, 4) is 0 Å². The van der Waals surface area contributed by atoms with Gasteiger partial charge in [0.25, 0.3) is 0 Å². The molecule has 0 bridgehead atoms. The van der Waals surface area contributed by atoms with Gasteiger partial charge in [-0.1, -0.05) is 55.5 Å². The minimum Gasteiger partial charge on any atom is -0.383 e. The Labute approximate surface area is 231 Å². The van der Waals surface area contributed by atoms with Crippen molar-refractivity contribution in [3.63, 3.8) is 0 Å². The monoisotopic (exact) mass is 572 g/mol. The first-order chi connectivity index (χ1) is 18.8. The van der Waals surface area contributed by atoms with Crippen LogP contribution >= 0.6 is 23.5 Å². The largest absolute Gasteiger partial charge is 0.383 e. The maximum atomic E-state index is 15.1. The summed E-state index contributed by atoms with van der Waals surface area (Å²) in [6, 6.07) is -0.0886. The highest BCUT2D eigenvalue weighted by molar-refractivity contribution is 8.09. The summed E-state index contributed by atoms with van der Waals surface area (Å²) in [5.41, 5.74) is -0.855. The Balaban J connectivity index is 1.51. The molecule has 6 rings (SSSR count). The van der Waals surface area contributed by atoms with Crippen molar-refractivity contribution < 1.29 is 27.2 Å². The van der Waals surface area contributed by atoms with E-state index in [1.54, 1.807) is 30.4 Å². The normalized spacial score (nSPS) is 31.6. The molecule has 1 aromatic rings. The summed E-state index contributed by atoms with van der Waals surface area (Å²) in [5.74, 6) is -10.6. The van der Waals surface area contributed by atoms with Crippen molar-refractivity contribution in [2.24, 2.45) is 11.8 Å². The van der Waals surface area contributed by atoms with E-state index < -0.39 is 52.0 Å². The van der Waals surface area contributed by atoms with Crippen molar-refractivity contribution in [3.05, 3.63) is 104 Å². The predicted octanol–water partition coefficient (Wildman–Crippen LogP) is 6.11. The number of allylic oxidation sites excluding steroid dienone is 7. The zero-order valence-corrected chi connectivity index (χ0v) is 22.4. The van der Waals surface area contributed by atoms with E-state index in [1.165, 1.54) is 0 Å². The number of fused-ring (bicyclic) bond motifs is 3. The first kappa shape index (κ1) is 26.3. The molecule has 0 spiro atoms. The summed E-state index contributed by atoms with van der Waals surface area (Å²) in [5, 5.41) is 7.34. The van der Waals surface area contributed by atoms with Gasteiger partial charge < -0.3 is 10.6 Å². The lowest BCUT2D eigenvalue weighted by molar-refractivity contribution is 0.0893. The molecule has 0 amide bonds. The molecule has 4 nitrogen and oxygen atoms in total. The Morgan fingerprint density at radius 2 is 1.56 bits per heavy atom. The van der Waals surface area contributed by atoms with Crippen molar-refractivity contribution in [2.45, 2.75) is 42.3 Å². The zero-order chi connectivity index (χ0) is 27.4. The topological polar surface area (TPSA) is 58.2 Å². The molecule has 0 saturated heterocycles. The molecule has 10 heteroatoms. The van der Waals surface area contributed by atoms with Crippen molar-refractivity contribution in [1.82, 2.24) is 10.6 Å². The summed E-state index contributed by atoms with van der Waals surface area (Å²) in [4.78, 5) is 27.6. The van der Waals surface area contributed by atoms with Gasteiger partial charge in [0, 0.05) is 38.4 Å². The number of aldehydes is 1. The number of hydrogen-bond acceptors (Lipinski definition) is 6. The third-order valence-electron chi connectivity index (χ3n) is 7.77. The Morgan fingerprint density at radius 3 is 2.33 bits per heavy atom. The maximum Gasteiger partial charge on any atom is 0.198 e. The third-order valence-corrected chi connectivity index (χ3v) is 10.8. The van der Waals surface area contributed by atoms with E-state index in [0.717, 1.165) is 21.9 Å². The van der Waals surface area contributed by atoms with Crippen LogP contribution in [0.4, 0.5) is 17.6 Å². The lowest BCUT2D eigenvalue weighted by Gasteiger charge is -2.47. The van der Waals surface area contributed by atoms with Crippen LogP contribution < -0.4 is 10.6 Å². The van der Waals surface area contributed by atoms with Crippen LogP contribution in [-0.2, 0) is 0 Å². The lowest BCUT2D eigenvalue weighted by atomic mass is 9.77. The quantitative estimate of drug-likeness (QED) is 0.150. The van der Waals surface area contributed by atoms with Crippen LogP contribution in [0.15, 0.2) is 69.8 Å². The van der Waals surface area contributed by atoms with Crippen LogP contribution in [0.1, 0.15) is 40.5 Å². The second-order valence-corrected chi connectivity index (χ2v) is 12.5. The number of carbonyl (C=O) groups is 2. The van der Waals surface area contributed by atoms with Gasteiger partial charge in [0.2, 0.25) is 0 Å². The van der Waals surface area contributed by atoms with Crippen LogP contribution in [0, 0.1) is 35.1 Å². The first-order valence-corrected chi connectivity index (χ1v) is 14.4. The van der Waals surface area contributed by atoms with Gasteiger partial charge in [-0.2, -0.15) is 0 Å². The van der Waals surface area contributed by atoms with Gasteiger partial charge in [-0.3, -0.25) is 9.59 Å². The fourth-order valence-corrected chi connectivity index (χ4v) is 8.81. The molecule has 2 aliphatic heterocycles. The zero-order valence-electron chi connectivity index (χ0n) is 20.7. The molecule has 5 aliphatic rings. The standard InChI is InChI=1S/C29H24F4N2O2S2/c1-13-19(27(37)20-14(12-36)21(30)23(32)24(33)22(20)31)26-29(39-17-10-5-3-2-4-8-16(17)35-26)28-25(13)34-15-9-6-7-11-18(15)38-28/h2-7,9,11-13,15-19,34-35H,8,10H2,1H3/b4-2?,5-3-. The second-order valence-electron chi connectivity index (χ2n) is 10.0. The van der Waals surface area contributed by atoms with E-state index in [0.29, 0.717) is 12.1 Å². The van der Waals surface area contributed by atoms with E-state index in [2.05, 4.69) is 22.8 Å². The predicted molar refractivity (Wildman–Crippen MR) is 145 cm³/mol. The summed E-state index contributed by atoms with van der Waals surface area (Å²) in [6.45, 7) is 1.80. The molecule has 202 valence electrons. The Hall–Kier alpha value is -2.98. The highest BCUT2D eigenvalue weighted by atomic mass is 32.2. The summed E-state index contributed by atoms with van der Waals surface area (Å²) >= 11 is 3.32. The van der Waals surface area contributed by atoms with Gasteiger partial charge in [0.15, 0.2) is 35.3 Å². The molecule has 2 N–H and O–H groups in total. The number of nitrogens with one attached hydrogen (secondary N) is 2. The number of halogens is 4. The first-order valence-electron chi connectivity index (χ1n) is 12.7. The SMILES string of the molecule is CC1C2=C(SC3C=CC=CC3N2)C2=C(NC3CC=C/C=C\CC3S2)C1C(=O)c1c(F)c(F)c(F)c(F)c1C=O. The molecular weight excluding hydrogens is 548 g/mol. The van der Waals surface area contributed by atoms with Crippen LogP contribution in [-0.4, -0.2) is 34.7 Å². The van der Waals surface area contributed by atoms with Crippen LogP contribution in [0.2, 0.25) is 0 Å². The molecule has 6 atom stereocenters. The van der Waals surface area contributed by atoms with Crippen LogP contribution in [0.3, 0.4) is 0 Å². The number of benzene rings is 1. The smallest absolute Gasteiger partial charge is 0.198 e. The Bertz CT molecular complexity index is 1460. The van der Waals surface area contributed by atoms with E-state index in [1.807, 2.05) is 36.5 Å². The molecule has 39 heavy (non-hydrogen) atoms. The van der Waals surface area contributed by atoms with Gasteiger partial charge in [0.05, 0.1) is 28.3 Å². The second kappa shape index (κ2) is 10.2. The fraction of sp³-hybridized carbons (Fsp3) is 0.310. The van der Waals surface area contributed by atoms with Gasteiger partial charge in [-0.25, -0.2) is 17.6 Å². The van der Waals surface area contributed by atoms with E-state index in [-0.39, 0.29) is 28.9 Å². The molecule has 3 aliphatic carbocycles. The molecule has 0 aromatic heterocycles. The molecule has 0 radical (unpaired) electrons. The van der Waals surface area contributed by atoms with Crippen molar-refractivity contribution >= 4 is 35.6 Å². The summed E-state index contributed by atoms with van der Waals surface area (Å²) < 4.78 is 58.0. The molecule has 0 saturated carbocycles. The minimum atomic E-state index is -2.12. The van der Waals surface area contributed by atoms with Gasteiger partial charge in [-0.05, 0) is 12.8 Å². The van der Waals surface area contributed by atoms with E-state index >= 15 is 4.39 Å². The molecule has 2 heterocycles. The van der Waals surface area contributed by atoms with Crippen molar-refractivity contribution in [2.75, 3.05) is 0 Å². The third kappa shape index (κ3) is 4.23. The Kier molecular flexibility index (Phi) is 6.87. The molecular formula is C29H24F4N2O2S2. The summed E-state index contributed by atoms with van der Waals surface area (Å²) in [6.07, 6.45) is 17.5. The fourth-order valence-electron chi connectivity index (χ4n) is 5.80. The average Bonchev–Trinajstić information content (AvgIpc) is 2.93. The number of hydrogen-bond donors (Lipinski definition) is 2. The average molecular weight is 573 g/mol. The van der Waals surface area contributed by atoms with E-state index in [9.17, 15) is 22.8 Å². The number of ketones is 1.